The lowest BCUT2D eigenvalue weighted by Crippen LogP contribution is -2.48. The highest BCUT2D eigenvalue weighted by Gasteiger charge is 2.28. The Labute approximate surface area is 150 Å². The van der Waals surface area contributed by atoms with E-state index >= 15 is 0 Å². The van der Waals surface area contributed by atoms with Crippen LogP contribution >= 0.6 is 0 Å². The van der Waals surface area contributed by atoms with Gasteiger partial charge in [0.25, 0.3) is 0 Å². The number of piperidine rings is 1. The van der Waals surface area contributed by atoms with Gasteiger partial charge in [-0.2, -0.15) is 5.10 Å². The number of hydrogen-bond donors (Lipinski definition) is 1. The number of urea groups is 1. The van der Waals surface area contributed by atoms with E-state index in [9.17, 15) is 4.79 Å². The van der Waals surface area contributed by atoms with Crippen molar-refractivity contribution in [3.05, 3.63) is 30.1 Å². The van der Waals surface area contributed by atoms with Gasteiger partial charge in [0, 0.05) is 52.0 Å². The highest BCUT2D eigenvalue weighted by molar-refractivity contribution is 5.74. The van der Waals surface area contributed by atoms with Crippen molar-refractivity contribution in [3.63, 3.8) is 0 Å². The van der Waals surface area contributed by atoms with Crippen LogP contribution in [0.15, 0.2) is 24.5 Å². The maximum absolute atomic E-state index is 12.5. The minimum absolute atomic E-state index is 0.118. The lowest BCUT2D eigenvalue weighted by atomic mass is 10.0. The number of aromatic nitrogens is 2. The summed E-state index contributed by atoms with van der Waals surface area (Å²) in [5.74, 6) is 0.548. The average Bonchev–Trinajstić information content (AvgIpc) is 3.18. The molecule has 1 aromatic heterocycles. The number of amides is 2. The normalized spacial score (nSPS) is 22.3. The number of rotatable bonds is 5. The van der Waals surface area contributed by atoms with E-state index < -0.39 is 0 Å². The third-order valence-corrected chi connectivity index (χ3v) is 5.26. The molecular formula is C19H31N5O. The number of carbonyl (C=O) groups excluding carboxylic acids is 1. The van der Waals surface area contributed by atoms with Gasteiger partial charge in [-0.1, -0.05) is 12.2 Å². The summed E-state index contributed by atoms with van der Waals surface area (Å²) in [5.41, 5.74) is 2.47. The van der Waals surface area contributed by atoms with Crippen molar-refractivity contribution in [3.8, 4) is 0 Å². The number of likely N-dealkylation sites (tertiary alicyclic amines) is 2. The van der Waals surface area contributed by atoms with Crippen LogP contribution in [0.2, 0.25) is 0 Å². The molecule has 1 N–H and O–H groups in total. The van der Waals surface area contributed by atoms with Gasteiger partial charge >= 0.3 is 6.03 Å². The van der Waals surface area contributed by atoms with Crippen molar-refractivity contribution in [1.29, 1.82) is 0 Å². The van der Waals surface area contributed by atoms with Gasteiger partial charge in [0.2, 0.25) is 0 Å². The second-order valence-corrected chi connectivity index (χ2v) is 7.78. The summed E-state index contributed by atoms with van der Waals surface area (Å²) in [7, 11) is 1.94. The van der Waals surface area contributed by atoms with Gasteiger partial charge in [-0.25, -0.2) is 4.79 Å². The van der Waals surface area contributed by atoms with Gasteiger partial charge in [-0.3, -0.25) is 9.58 Å². The molecule has 2 aliphatic rings. The number of nitrogens with one attached hydrogen (secondary N) is 1. The van der Waals surface area contributed by atoms with Crippen LogP contribution in [0.4, 0.5) is 4.79 Å². The molecule has 1 unspecified atom stereocenters. The van der Waals surface area contributed by atoms with Crippen molar-refractivity contribution in [2.75, 3.05) is 32.7 Å². The van der Waals surface area contributed by atoms with Gasteiger partial charge < -0.3 is 10.2 Å². The van der Waals surface area contributed by atoms with Crippen LogP contribution in [0.3, 0.4) is 0 Å². The Balaban J connectivity index is 1.40. The number of nitrogens with zero attached hydrogens (tertiary/aromatic N) is 4. The monoisotopic (exact) mass is 345 g/mol. The molecule has 0 saturated carbocycles. The molecule has 3 rings (SSSR count). The summed E-state index contributed by atoms with van der Waals surface area (Å²) in [4.78, 5) is 17.0. The minimum Gasteiger partial charge on any atom is -0.335 e. The molecule has 1 atom stereocenters. The van der Waals surface area contributed by atoms with Crippen LogP contribution in [-0.2, 0) is 13.5 Å². The molecule has 2 aliphatic heterocycles. The van der Waals surface area contributed by atoms with Crippen molar-refractivity contribution >= 4 is 6.03 Å². The molecular weight excluding hydrogens is 314 g/mol. The highest BCUT2D eigenvalue weighted by atomic mass is 16.2. The summed E-state index contributed by atoms with van der Waals surface area (Å²) >= 11 is 0. The highest BCUT2D eigenvalue weighted by Crippen LogP contribution is 2.21. The molecule has 6 nitrogen and oxygen atoms in total. The van der Waals surface area contributed by atoms with E-state index in [0.29, 0.717) is 12.0 Å². The van der Waals surface area contributed by atoms with Crippen molar-refractivity contribution in [2.24, 2.45) is 13.0 Å². The predicted molar refractivity (Wildman–Crippen MR) is 99.4 cm³/mol. The van der Waals surface area contributed by atoms with Crippen LogP contribution in [0.1, 0.15) is 31.7 Å². The van der Waals surface area contributed by atoms with Crippen LogP contribution < -0.4 is 5.32 Å². The maximum Gasteiger partial charge on any atom is 0.317 e. The Morgan fingerprint density at radius 1 is 1.32 bits per heavy atom. The summed E-state index contributed by atoms with van der Waals surface area (Å²) < 4.78 is 1.84. The number of carbonyl (C=O) groups is 1. The quantitative estimate of drug-likeness (QED) is 0.831. The fourth-order valence-corrected chi connectivity index (χ4v) is 3.98. The lowest BCUT2D eigenvalue weighted by Gasteiger charge is -2.33. The molecule has 0 radical (unpaired) electrons. The van der Waals surface area contributed by atoms with Crippen LogP contribution in [0.5, 0.6) is 0 Å². The third-order valence-electron chi connectivity index (χ3n) is 5.26. The van der Waals surface area contributed by atoms with Gasteiger partial charge in [-0.05, 0) is 44.1 Å². The molecule has 2 fully saturated rings. The molecule has 3 heterocycles. The second kappa shape index (κ2) is 8.04. The van der Waals surface area contributed by atoms with E-state index in [1.165, 1.54) is 11.1 Å². The van der Waals surface area contributed by atoms with Gasteiger partial charge in [0.05, 0.1) is 6.20 Å². The number of aryl methyl sites for hydroxylation is 1. The number of hydrogen-bond acceptors (Lipinski definition) is 3. The zero-order valence-corrected chi connectivity index (χ0v) is 15.6. The van der Waals surface area contributed by atoms with E-state index in [4.69, 9.17) is 0 Å². The molecule has 2 amide bonds. The zero-order valence-electron chi connectivity index (χ0n) is 15.6. The van der Waals surface area contributed by atoms with Crippen LogP contribution in [0.25, 0.3) is 0 Å². The molecule has 0 aliphatic carbocycles. The van der Waals surface area contributed by atoms with Crippen LogP contribution in [-0.4, -0.2) is 64.4 Å². The molecule has 2 saturated heterocycles. The summed E-state index contributed by atoms with van der Waals surface area (Å²) in [5, 5.41) is 7.47. The fraction of sp³-hybridized carbons (Fsp3) is 0.684. The Bertz CT molecular complexity index is 603. The molecule has 0 spiro atoms. The fourth-order valence-electron chi connectivity index (χ4n) is 3.98. The Hall–Kier alpha value is -1.82. The van der Waals surface area contributed by atoms with Gasteiger partial charge in [-0.15, -0.1) is 0 Å². The smallest absolute Gasteiger partial charge is 0.317 e. The Kier molecular flexibility index (Phi) is 5.78. The van der Waals surface area contributed by atoms with E-state index in [1.54, 1.807) is 0 Å². The Morgan fingerprint density at radius 2 is 2.08 bits per heavy atom. The Morgan fingerprint density at radius 3 is 2.72 bits per heavy atom. The molecule has 0 aromatic carbocycles. The third kappa shape index (κ3) is 5.08. The first-order valence-electron chi connectivity index (χ1n) is 9.39. The second-order valence-electron chi connectivity index (χ2n) is 7.78. The first kappa shape index (κ1) is 18.0. The van der Waals surface area contributed by atoms with Crippen molar-refractivity contribution in [1.82, 2.24) is 24.9 Å². The maximum atomic E-state index is 12.5. The summed E-state index contributed by atoms with van der Waals surface area (Å²) in [6.45, 7) is 10.8. The molecule has 1 aromatic rings. The SMILES string of the molecule is C=C(C)CN1CCC(NC(=O)N2CCC(Cc3cnn(C)c3)C2)CC1. The zero-order chi connectivity index (χ0) is 17.8. The summed E-state index contributed by atoms with van der Waals surface area (Å²) in [6, 6.07) is 0.429. The largest absolute Gasteiger partial charge is 0.335 e. The summed E-state index contributed by atoms with van der Waals surface area (Å²) in [6.07, 6.45) is 8.16. The molecule has 6 heteroatoms. The van der Waals surface area contributed by atoms with E-state index in [-0.39, 0.29) is 6.03 Å². The van der Waals surface area contributed by atoms with E-state index in [0.717, 1.165) is 58.4 Å². The first-order chi connectivity index (χ1) is 12.0. The first-order valence-corrected chi connectivity index (χ1v) is 9.39. The minimum atomic E-state index is 0.118. The van der Waals surface area contributed by atoms with E-state index in [2.05, 4.69) is 35.0 Å². The lowest BCUT2D eigenvalue weighted by molar-refractivity contribution is 0.182. The van der Waals surface area contributed by atoms with Crippen molar-refractivity contribution < 1.29 is 4.79 Å². The topological polar surface area (TPSA) is 53.4 Å². The van der Waals surface area contributed by atoms with Gasteiger partial charge in [0.15, 0.2) is 0 Å². The standard InChI is InChI=1S/C19H31N5O/c1-15(2)12-23-7-5-18(6-8-23)21-19(25)24-9-4-16(14-24)10-17-11-20-22(3)13-17/h11,13,16,18H,1,4-10,12,14H2,2-3H3,(H,21,25). The van der Waals surface area contributed by atoms with E-state index in [1.807, 2.05) is 22.8 Å². The molecule has 25 heavy (non-hydrogen) atoms. The predicted octanol–water partition coefficient (Wildman–Crippen LogP) is 2.03. The van der Waals surface area contributed by atoms with Crippen LogP contribution in [0, 0.1) is 5.92 Å². The average molecular weight is 345 g/mol. The molecule has 138 valence electrons. The van der Waals surface area contributed by atoms with Crippen molar-refractivity contribution in [2.45, 2.75) is 38.6 Å². The molecule has 0 bridgehead atoms. The van der Waals surface area contributed by atoms with Gasteiger partial charge in [0.1, 0.15) is 0 Å².